The summed E-state index contributed by atoms with van der Waals surface area (Å²) in [7, 11) is 0. The summed E-state index contributed by atoms with van der Waals surface area (Å²) in [5.41, 5.74) is 2.71. The first kappa shape index (κ1) is 32.6. The molecule has 3 aromatic rings. The van der Waals surface area contributed by atoms with Gasteiger partial charge in [0, 0.05) is 0 Å². The number of aliphatic hydroxyl groups excluding tert-OH is 5. The van der Waals surface area contributed by atoms with Crippen LogP contribution in [0.2, 0.25) is 0 Å². The summed E-state index contributed by atoms with van der Waals surface area (Å²) in [4.78, 5) is 0. The van der Waals surface area contributed by atoms with Gasteiger partial charge in [-0.25, -0.2) is 0 Å². The van der Waals surface area contributed by atoms with Crippen molar-refractivity contribution in [2.24, 2.45) is 0 Å². The predicted molar refractivity (Wildman–Crippen MR) is 156 cm³/mol. The fourth-order valence-electron chi connectivity index (χ4n) is 5.29. The van der Waals surface area contributed by atoms with E-state index >= 15 is 0 Å². The van der Waals surface area contributed by atoms with Gasteiger partial charge in [-0.2, -0.15) is 0 Å². The molecule has 2 saturated heterocycles. The molecule has 2 heterocycles. The number of benzene rings is 3. The van der Waals surface area contributed by atoms with Crippen molar-refractivity contribution in [2.45, 2.75) is 81.2 Å². The second-order valence-electron chi connectivity index (χ2n) is 10.9. The lowest BCUT2D eigenvalue weighted by Gasteiger charge is -2.45. The van der Waals surface area contributed by atoms with Gasteiger partial charge in [-0.15, -0.1) is 0 Å². The second-order valence-corrected chi connectivity index (χ2v) is 10.9. The molecular formula is C33H40O11. The Labute approximate surface area is 256 Å². The monoisotopic (exact) mass is 612 g/mol. The summed E-state index contributed by atoms with van der Waals surface area (Å²) < 4.78 is 36.4. The zero-order chi connectivity index (χ0) is 30.9. The van der Waals surface area contributed by atoms with Crippen molar-refractivity contribution in [3.05, 3.63) is 108 Å². The molecule has 0 aromatic heterocycles. The molecule has 0 saturated carbocycles. The van der Waals surface area contributed by atoms with Gasteiger partial charge in [0.2, 0.25) is 0 Å². The van der Waals surface area contributed by atoms with Crippen molar-refractivity contribution in [1.82, 2.24) is 0 Å². The van der Waals surface area contributed by atoms with E-state index in [1.165, 1.54) is 0 Å². The van der Waals surface area contributed by atoms with Gasteiger partial charge in [-0.1, -0.05) is 91.0 Å². The lowest BCUT2D eigenvalue weighted by atomic mass is 9.97. The Morgan fingerprint density at radius 2 is 0.977 bits per heavy atom. The molecule has 3 aromatic carbocycles. The first-order valence-electron chi connectivity index (χ1n) is 14.7. The Bertz CT molecular complexity index is 1230. The molecule has 0 bridgehead atoms. The van der Waals surface area contributed by atoms with Gasteiger partial charge in [0.25, 0.3) is 0 Å². The highest BCUT2D eigenvalue weighted by atomic mass is 16.7. The number of rotatable bonds is 13. The van der Waals surface area contributed by atoms with Crippen molar-refractivity contribution >= 4 is 0 Å². The molecule has 2 aliphatic heterocycles. The minimum atomic E-state index is -1.60. The Hall–Kier alpha value is -2.78. The summed E-state index contributed by atoms with van der Waals surface area (Å²) in [6.45, 7) is -0.264. The molecule has 44 heavy (non-hydrogen) atoms. The highest BCUT2D eigenvalue weighted by Gasteiger charge is 2.49. The minimum absolute atomic E-state index is 0.189. The van der Waals surface area contributed by atoms with Crippen LogP contribution in [0.25, 0.3) is 0 Å². The lowest BCUT2D eigenvalue weighted by Crippen LogP contribution is -2.62. The van der Waals surface area contributed by atoms with Crippen LogP contribution in [-0.2, 0) is 48.2 Å². The molecule has 0 unspecified atom stereocenters. The number of hydrogen-bond donors (Lipinski definition) is 5. The Morgan fingerprint density at radius 3 is 1.48 bits per heavy atom. The van der Waals surface area contributed by atoms with Crippen LogP contribution in [0.5, 0.6) is 0 Å². The predicted octanol–water partition coefficient (Wildman–Crippen LogP) is 1.28. The van der Waals surface area contributed by atoms with Crippen molar-refractivity contribution in [2.75, 3.05) is 13.2 Å². The average Bonchev–Trinajstić information content (AvgIpc) is 3.06. The molecule has 5 N–H and O–H groups in total. The van der Waals surface area contributed by atoms with Crippen molar-refractivity contribution in [3.63, 3.8) is 0 Å². The quantitative estimate of drug-likeness (QED) is 0.190. The fraction of sp³-hybridized carbons (Fsp3) is 0.455. The zero-order valence-electron chi connectivity index (χ0n) is 24.2. The average molecular weight is 613 g/mol. The first-order valence-corrected chi connectivity index (χ1v) is 14.7. The maximum Gasteiger partial charge on any atom is 0.186 e. The third-order valence-corrected chi connectivity index (χ3v) is 7.74. The Balaban J connectivity index is 1.38. The third kappa shape index (κ3) is 8.27. The van der Waals surface area contributed by atoms with Gasteiger partial charge in [-0.05, 0) is 16.7 Å². The topological polar surface area (TPSA) is 157 Å². The molecule has 11 heteroatoms. The van der Waals surface area contributed by atoms with Gasteiger partial charge >= 0.3 is 0 Å². The molecule has 2 fully saturated rings. The highest BCUT2D eigenvalue weighted by Crippen LogP contribution is 2.31. The van der Waals surface area contributed by atoms with Gasteiger partial charge < -0.3 is 54.0 Å². The summed E-state index contributed by atoms with van der Waals surface area (Å²) in [5, 5.41) is 51.6. The molecule has 0 spiro atoms. The van der Waals surface area contributed by atoms with Crippen LogP contribution in [0.3, 0.4) is 0 Å². The van der Waals surface area contributed by atoms with Gasteiger partial charge in [0.15, 0.2) is 12.6 Å². The molecule has 0 amide bonds. The van der Waals surface area contributed by atoms with Crippen LogP contribution in [0.1, 0.15) is 16.7 Å². The van der Waals surface area contributed by atoms with E-state index in [0.717, 1.165) is 16.7 Å². The van der Waals surface area contributed by atoms with Crippen LogP contribution >= 0.6 is 0 Å². The van der Waals surface area contributed by atoms with E-state index in [0.29, 0.717) is 0 Å². The molecule has 2 aliphatic rings. The normalized spacial score (nSPS) is 32.4. The molecule has 238 valence electrons. The van der Waals surface area contributed by atoms with E-state index in [2.05, 4.69) is 0 Å². The lowest BCUT2D eigenvalue weighted by molar-refractivity contribution is -0.338. The van der Waals surface area contributed by atoms with Gasteiger partial charge in [-0.3, -0.25) is 0 Å². The zero-order valence-corrected chi connectivity index (χ0v) is 24.2. The number of hydrogen-bond acceptors (Lipinski definition) is 11. The third-order valence-electron chi connectivity index (χ3n) is 7.74. The van der Waals surface area contributed by atoms with Crippen molar-refractivity contribution in [1.29, 1.82) is 0 Å². The van der Waals surface area contributed by atoms with Crippen molar-refractivity contribution < 1.29 is 54.0 Å². The maximum absolute atomic E-state index is 11.2. The molecule has 0 aliphatic carbocycles. The van der Waals surface area contributed by atoms with E-state index < -0.39 is 68.0 Å². The summed E-state index contributed by atoms with van der Waals surface area (Å²) in [6, 6.07) is 28.6. The summed E-state index contributed by atoms with van der Waals surface area (Å²) in [6.07, 6.45) is -12.2. The maximum atomic E-state index is 11.2. The summed E-state index contributed by atoms with van der Waals surface area (Å²) in [5.74, 6) is 0. The van der Waals surface area contributed by atoms with E-state index in [9.17, 15) is 25.5 Å². The molecule has 5 rings (SSSR count). The number of ether oxygens (including phenoxy) is 6. The second kappa shape index (κ2) is 16.0. The highest BCUT2D eigenvalue weighted by molar-refractivity contribution is 5.15. The molecule has 11 nitrogen and oxygen atoms in total. The van der Waals surface area contributed by atoms with E-state index in [1.54, 1.807) is 0 Å². The van der Waals surface area contributed by atoms with Crippen LogP contribution in [0.4, 0.5) is 0 Å². The largest absolute Gasteiger partial charge is 0.394 e. The number of aliphatic hydroxyl groups is 5. The smallest absolute Gasteiger partial charge is 0.186 e. The fourth-order valence-corrected chi connectivity index (χ4v) is 5.29. The molecule has 0 radical (unpaired) electrons. The Morgan fingerprint density at radius 1 is 0.500 bits per heavy atom. The van der Waals surface area contributed by atoms with Crippen LogP contribution in [-0.4, -0.2) is 100 Å². The van der Waals surface area contributed by atoms with Gasteiger partial charge in [0.1, 0.15) is 48.8 Å². The van der Waals surface area contributed by atoms with E-state index in [1.807, 2.05) is 91.0 Å². The first-order chi connectivity index (χ1) is 21.4. The SMILES string of the molecule is OC[C@@H]1O[C@@H](OC[C@H]2O[C@@H](O)[C@H](OCc3ccccc3)[C@@H](OCc3ccccc3)[C@H]2OCc2ccccc2)[C@H](O)[C@@H](O)[C@@H]1O. The Kier molecular flexibility index (Phi) is 11.8. The summed E-state index contributed by atoms with van der Waals surface area (Å²) >= 11 is 0. The van der Waals surface area contributed by atoms with Crippen LogP contribution < -0.4 is 0 Å². The van der Waals surface area contributed by atoms with Gasteiger partial charge in [0.05, 0.1) is 33.0 Å². The van der Waals surface area contributed by atoms with E-state index in [4.69, 9.17) is 28.4 Å². The molecular weight excluding hydrogens is 572 g/mol. The minimum Gasteiger partial charge on any atom is -0.394 e. The van der Waals surface area contributed by atoms with Crippen molar-refractivity contribution in [3.8, 4) is 0 Å². The van der Waals surface area contributed by atoms with Crippen LogP contribution in [0.15, 0.2) is 91.0 Å². The van der Waals surface area contributed by atoms with Crippen LogP contribution in [0, 0.1) is 0 Å². The molecule has 10 atom stereocenters. The van der Waals surface area contributed by atoms with E-state index in [-0.39, 0.29) is 26.4 Å². The standard InChI is InChI=1S/C33H40O11/c34-16-24-26(35)27(36)28(37)33(44-24)42-20-25-29(39-17-21-10-4-1-5-11-21)30(40-18-22-12-6-2-7-13-22)31(32(38)43-25)41-19-23-14-8-3-9-15-23/h1-15,24-38H,16-20H2/t24-,25+,26+,27-,28+,29-,30-,31+,32+,33+/m0/s1.